The fourth-order valence-electron chi connectivity index (χ4n) is 4.08. The van der Waals surface area contributed by atoms with Crippen LogP contribution in [0.1, 0.15) is 22.5 Å². The van der Waals surface area contributed by atoms with Crippen molar-refractivity contribution in [2.45, 2.75) is 19.4 Å². The largest absolute Gasteiger partial charge is 0.351 e. The Morgan fingerprint density at radius 1 is 1.10 bits per heavy atom. The molecule has 0 aliphatic carbocycles. The lowest BCUT2D eigenvalue weighted by atomic mass is 10.0. The predicted molar refractivity (Wildman–Crippen MR) is 121 cm³/mol. The molecule has 1 aliphatic rings. The summed E-state index contributed by atoms with van der Waals surface area (Å²) in [5, 5.41) is 11.8. The average molecular weight is 412 g/mol. The minimum atomic E-state index is -0.0926. The van der Waals surface area contributed by atoms with E-state index in [4.69, 9.17) is 10.1 Å². The highest BCUT2D eigenvalue weighted by molar-refractivity contribution is 5.98. The fraction of sp³-hybridized carbons (Fsp3) is 0.250. The summed E-state index contributed by atoms with van der Waals surface area (Å²) in [5.74, 6) is -0.0926. The van der Waals surface area contributed by atoms with Crippen molar-refractivity contribution >= 4 is 16.8 Å². The van der Waals surface area contributed by atoms with Crippen molar-refractivity contribution in [2.75, 3.05) is 20.1 Å². The van der Waals surface area contributed by atoms with E-state index < -0.39 is 0 Å². The molecule has 4 aromatic rings. The standard InChI is InChI=1S/C24H24N6O/c1-25-12-13-27-24(31)17-8-7-16-9-10-18(28-20(16)15-17)22-21-6-4-14-30(21)29-23(22)19-5-2-3-11-26-19/h2-3,5,7-11,15,25H,4,6,12-14H2,1H3,(H,27,31). The zero-order valence-corrected chi connectivity index (χ0v) is 17.4. The second-order valence-electron chi connectivity index (χ2n) is 7.68. The van der Waals surface area contributed by atoms with E-state index in [2.05, 4.69) is 26.4 Å². The highest BCUT2D eigenvalue weighted by Crippen LogP contribution is 2.36. The third-order valence-corrected chi connectivity index (χ3v) is 5.62. The zero-order valence-electron chi connectivity index (χ0n) is 17.4. The number of hydrogen-bond donors (Lipinski definition) is 2. The van der Waals surface area contributed by atoms with Gasteiger partial charge in [-0.2, -0.15) is 5.10 Å². The Morgan fingerprint density at radius 3 is 2.84 bits per heavy atom. The van der Waals surface area contributed by atoms with Crippen molar-refractivity contribution in [3.8, 4) is 22.6 Å². The van der Waals surface area contributed by atoms with E-state index in [1.54, 1.807) is 6.20 Å². The van der Waals surface area contributed by atoms with Gasteiger partial charge in [-0.15, -0.1) is 0 Å². The van der Waals surface area contributed by atoms with E-state index in [0.29, 0.717) is 12.1 Å². The first-order valence-electron chi connectivity index (χ1n) is 10.6. The minimum absolute atomic E-state index is 0.0926. The minimum Gasteiger partial charge on any atom is -0.351 e. The molecule has 31 heavy (non-hydrogen) atoms. The van der Waals surface area contributed by atoms with E-state index in [9.17, 15) is 4.79 Å². The summed E-state index contributed by atoms with van der Waals surface area (Å²) < 4.78 is 2.08. The van der Waals surface area contributed by atoms with E-state index in [-0.39, 0.29) is 5.91 Å². The summed E-state index contributed by atoms with van der Waals surface area (Å²) in [6.07, 6.45) is 3.85. The Labute approximate surface area is 180 Å². The maximum Gasteiger partial charge on any atom is 0.251 e. The lowest BCUT2D eigenvalue weighted by molar-refractivity contribution is 0.0954. The molecule has 1 aromatic carbocycles. The number of rotatable bonds is 6. The molecule has 1 amide bonds. The van der Waals surface area contributed by atoms with Crippen molar-refractivity contribution < 1.29 is 4.79 Å². The molecule has 1 aliphatic heterocycles. The topological polar surface area (TPSA) is 84.7 Å². The van der Waals surface area contributed by atoms with Crippen LogP contribution >= 0.6 is 0 Å². The molecule has 2 N–H and O–H groups in total. The molecule has 156 valence electrons. The molecule has 0 radical (unpaired) electrons. The summed E-state index contributed by atoms with van der Waals surface area (Å²) in [5.41, 5.74) is 6.23. The van der Waals surface area contributed by atoms with Crippen LogP contribution in [-0.2, 0) is 13.0 Å². The third-order valence-electron chi connectivity index (χ3n) is 5.62. The van der Waals surface area contributed by atoms with Gasteiger partial charge in [0.1, 0.15) is 5.69 Å². The second kappa shape index (κ2) is 8.28. The fourth-order valence-corrected chi connectivity index (χ4v) is 4.08. The molecule has 3 aromatic heterocycles. The molecule has 4 heterocycles. The van der Waals surface area contributed by atoms with Crippen molar-refractivity contribution in [1.29, 1.82) is 0 Å². The Bertz CT molecular complexity index is 1250. The van der Waals surface area contributed by atoms with Gasteiger partial charge in [0, 0.05) is 42.5 Å². The number of likely N-dealkylation sites (N-methyl/N-ethyl adjacent to an activating group) is 1. The molecular formula is C24H24N6O. The van der Waals surface area contributed by atoms with Crippen LogP contribution < -0.4 is 10.6 Å². The number of nitrogens with zero attached hydrogens (tertiary/aromatic N) is 4. The number of amides is 1. The first kappa shape index (κ1) is 19.4. The summed E-state index contributed by atoms with van der Waals surface area (Å²) >= 11 is 0. The Balaban J connectivity index is 1.57. The highest BCUT2D eigenvalue weighted by Gasteiger charge is 2.25. The van der Waals surface area contributed by atoms with E-state index in [0.717, 1.165) is 59.5 Å². The van der Waals surface area contributed by atoms with Crippen molar-refractivity contribution in [2.24, 2.45) is 0 Å². The number of carbonyl (C=O) groups is 1. The van der Waals surface area contributed by atoms with E-state index in [1.807, 2.05) is 49.5 Å². The van der Waals surface area contributed by atoms with Gasteiger partial charge in [0.15, 0.2) is 0 Å². The summed E-state index contributed by atoms with van der Waals surface area (Å²) in [4.78, 5) is 21.9. The maximum absolute atomic E-state index is 12.5. The van der Waals surface area contributed by atoms with Crippen LogP contribution in [0.15, 0.2) is 54.7 Å². The van der Waals surface area contributed by atoms with Crippen molar-refractivity contribution in [1.82, 2.24) is 30.4 Å². The van der Waals surface area contributed by atoms with Gasteiger partial charge in [-0.3, -0.25) is 14.5 Å². The molecule has 0 fully saturated rings. The maximum atomic E-state index is 12.5. The molecule has 0 unspecified atom stereocenters. The van der Waals surface area contributed by atoms with Crippen LogP contribution in [-0.4, -0.2) is 45.8 Å². The highest BCUT2D eigenvalue weighted by atomic mass is 16.1. The molecule has 0 atom stereocenters. The molecule has 0 saturated carbocycles. The quantitative estimate of drug-likeness (QED) is 0.476. The van der Waals surface area contributed by atoms with Gasteiger partial charge in [0.05, 0.1) is 22.5 Å². The number of benzene rings is 1. The number of fused-ring (bicyclic) bond motifs is 2. The molecular weight excluding hydrogens is 388 g/mol. The monoisotopic (exact) mass is 412 g/mol. The Hall–Kier alpha value is -3.58. The van der Waals surface area contributed by atoms with Crippen molar-refractivity contribution in [3.63, 3.8) is 0 Å². The molecule has 7 heteroatoms. The Morgan fingerprint density at radius 2 is 2.00 bits per heavy atom. The molecule has 7 nitrogen and oxygen atoms in total. The van der Waals surface area contributed by atoms with E-state index in [1.165, 1.54) is 5.69 Å². The molecule has 0 spiro atoms. The van der Waals surface area contributed by atoms with Crippen LogP contribution in [0.5, 0.6) is 0 Å². The number of aryl methyl sites for hydroxylation is 1. The van der Waals surface area contributed by atoms with Crippen LogP contribution in [0.3, 0.4) is 0 Å². The SMILES string of the molecule is CNCCNC(=O)c1ccc2ccc(-c3c(-c4ccccn4)nn4c3CCC4)nc2c1. The normalized spacial score (nSPS) is 12.8. The van der Waals surface area contributed by atoms with Crippen LogP contribution in [0.25, 0.3) is 33.5 Å². The van der Waals surface area contributed by atoms with Gasteiger partial charge in [0.2, 0.25) is 0 Å². The second-order valence-corrected chi connectivity index (χ2v) is 7.68. The molecule has 0 bridgehead atoms. The first-order chi connectivity index (χ1) is 15.2. The van der Waals surface area contributed by atoms with Gasteiger partial charge >= 0.3 is 0 Å². The third kappa shape index (κ3) is 3.68. The van der Waals surface area contributed by atoms with Gasteiger partial charge in [-0.05, 0) is 50.2 Å². The van der Waals surface area contributed by atoms with Gasteiger partial charge in [0.25, 0.3) is 5.91 Å². The van der Waals surface area contributed by atoms with E-state index >= 15 is 0 Å². The summed E-state index contributed by atoms with van der Waals surface area (Å²) in [6.45, 7) is 2.22. The number of pyridine rings is 2. The zero-order chi connectivity index (χ0) is 21.2. The van der Waals surface area contributed by atoms with Crippen LogP contribution in [0, 0.1) is 0 Å². The van der Waals surface area contributed by atoms with Crippen molar-refractivity contribution in [3.05, 3.63) is 66.0 Å². The average Bonchev–Trinajstić information content (AvgIpc) is 3.40. The number of aromatic nitrogens is 4. The smallest absolute Gasteiger partial charge is 0.251 e. The van der Waals surface area contributed by atoms with Gasteiger partial charge < -0.3 is 10.6 Å². The number of nitrogens with one attached hydrogen (secondary N) is 2. The molecule has 0 saturated heterocycles. The van der Waals surface area contributed by atoms with Gasteiger partial charge in [-0.25, -0.2) is 4.98 Å². The van der Waals surface area contributed by atoms with Crippen LogP contribution in [0.4, 0.5) is 0 Å². The summed E-state index contributed by atoms with van der Waals surface area (Å²) in [7, 11) is 1.86. The molecule has 5 rings (SSSR count). The number of carbonyl (C=O) groups excluding carboxylic acids is 1. The lowest BCUT2D eigenvalue weighted by Crippen LogP contribution is -2.30. The first-order valence-corrected chi connectivity index (χ1v) is 10.6. The summed E-state index contributed by atoms with van der Waals surface area (Å²) in [6, 6.07) is 15.6. The van der Waals surface area contributed by atoms with Gasteiger partial charge in [-0.1, -0.05) is 18.2 Å². The lowest BCUT2D eigenvalue weighted by Gasteiger charge is -2.08. The van der Waals surface area contributed by atoms with Crippen LogP contribution in [0.2, 0.25) is 0 Å². The Kier molecular flexibility index (Phi) is 5.18. The number of hydrogen-bond acceptors (Lipinski definition) is 5. The predicted octanol–water partition coefficient (Wildman–Crippen LogP) is 3.06.